The Morgan fingerprint density at radius 2 is 1.77 bits per heavy atom. The van der Waals surface area contributed by atoms with Crippen molar-refractivity contribution >= 4 is 17.3 Å². The van der Waals surface area contributed by atoms with Crippen molar-refractivity contribution in [2.75, 3.05) is 56.6 Å². The van der Waals surface area contributed by atoms with Crippen molar-refractivity contribution in [2.45, 2.75) is 76.8 Å². The Labute approximate surface area is 230 Å². The van der Waals surface area contributed by atoms with Crippen LogP contribution in [0.2, 0.25) is 0 Å². The monoisotopic (exact) mass is 541 g/mol. The van der Waals surface area contributed by atoms with Crippen LogP contribution in [0.3, 0.4) is 0 Å². The molecule has 0 spiro atoms. The number of rotatable bonds is 16. The molecule has 2 aliphatic rings. The van der Waals surface area contributed by atoms with E-state index in [9.17, 15) is 14.4 Å². The van der Waals surface area contributed by atoms with E-state index < -0.39 is 10.9 Å². The van der Waals surface area contributed by atoms with Crippen LogP contribution in [0.25, 0.3) is 0 Å². The lowest BCUT2D eigenvalue weighted by molar-refractivity contribution is -0.205. The molecule has 1 aromatic carbocycles. The van der Waals surface area contributed by atoms with E-state index in [1.165, 1.54) is 6.42 Å². The fourth-order valence-corrected chi connectivity index (χ4v) is 5.29. The number of morpholine rings is 1. The summed E-state index contributed by atoms with van der Waals surface area (Å²) >= 11 is 0. The molecule has 10 nitrogen and oxygen atoms in total. The molecule has 10 heteroatoms. The lowest BCUT2D eigenvalue weighted by Gasteiger charge is -2.34. The predicted molar refractivity (Wildman–Crippen MR) is 151 cm³/mol. The number of nitrogens with zero attached hydrogens (tertiary/aromatic N) is 3. The molecule has 2 heterocycles. The van der Waals surface area contributed by atoms with Gasteiger partial charge in [-0.05, 0) is 37.3 Å². The highest BCUT2D eigenvalue weighted by Crippen LogP contribution is 2.24. The number of hydrogen-bond donors (Lipinski definition) is 2. The first kappa shape index (κ1) is 29.2. The minimum atomic E-state index is -0.477. The minimum absolute atomic E-state index is 0.0927. The van der Waals surface area contributed by atoms with Crippen LogP contribution in [0, 0.1) is 0 Å². The van der Waals surface area contributed by atoms with Crippen LogP contribution >= 0.6 is 0 Å². The zero-order chi connectivity index (χ0) is 27.3. The molecule has 39 heavy (non-hydrogen) atoms. The van der Waals surface area contributed by atoms with Crippen molar-refractivity contribution in [3.8, 4) is 0 Å². The molecule has 1 aliphatic carbocycles. The molecule has 2 N–H and O–H groups in total. The summed E-state index contributed by atoms with van der Waals surface area (Å²) in [6.07, 6.45) is 13.0. The van der Waals surface area contributed by atoms with Crippen LogP contribution in [-0.2, 0) is 20.9 Å². The third kappa shape index (κ3) is 8.84. The number of amides is 1. The summed E-state index contributed by atoms with van der Waals surface area (Å²) in [6, 6.07) is 3.94. The smallest absolute Gasteiger partial charge is 0.253 e. The second-order valence-electron chi connectivity index (χ2n) is 10.5. The van der Waals surface area contributed by atoms with Gasteiger partial charge >= 0.3 is 0 Å². The van der Waals surface area contributed by atoms with E-state index in [2.05, 4.69) is 20.5 Å². The van der Waals surface area contributed by atoms with Crippen molar-refractivity contribution < 1.29 is 14.4 Å². The molecule has 0 bridgehead atoms. The topological polar surface area (TPSA) is 113 Å². The lowest BCUT2D eigenvalue weighted by Crippen LogP contribution is -2.44. The van der Waals surface area contributed by atoms with Gasteiger partial charge in [-0.3, -0.25) is 29.1 Å². The number of hydrogen-bond acceptors (Lipinski definition) is 9. The Morgan fingerprint density at radius 3 is 2.51 bits per heavy atom. The van der Waals surface area contributed by atoms with Crippen molar-refractivity contribution in [1.82, 2.24) is 14.9 Å². The second kappa shape index (κ2) is 15.7. The van der Waals surface area contributed by atoms with E-state index in [4.69, 9.17) is 9.57 Å². The summed E-state index contributed by atoms with van der Waals surface area (Å²) in [5.74, 6) is 0.0927. The normalized spacial score (nSPS) is 16.8. The van der Waals surface area contributed by atoms with Crippen LogP contribution in [0.4, 0.5) is 11.4 Å². The third-order valence-electron chi connectivity index (χ3n) is 7.62. The number of pyridine rings is 1. The molecule has 214 valence electrons. The van der Waals surface area contributed by atoms with E-state index in [-0.39, 0.29) is 11.9 Å². The molecule has 1 aromatic heterocycles. The van der Waals surface area contributed by atoms with E-state index in [0.717, 1.165) is 89.8 Å². The van der Waals surface area contributed by atoms with Gasteiger partial charge in [0.25, 0.3) is 10.9 Å². The maximum Gasteiger partial charge on any atom is 0.253 e. The van der Waals surface area contributed by atoms with Gasteiger partial charge in [0, 0.05) is 51.5 Å². The Morgan fingerprint density at radius 1 is 1.03 bits per heavy atom. The molecule has 2 fully saturated rings. The fourth-order valence-electron chi connectivity index (χ4n) is 5.29. The summed E-state index contributed by atoms with van der Waals surface area (Å²) in [7, 11) is 0. The van der Waals surface area contributed by atoms with Gasteiger partial charge in [0.15, 0.2) is 0 Å². The van der Waals surface area contributed by atoms with Crippen molar-refractivity contribution in [1.29, 1.82) is 0 Å². The van der Waals surface area contributed by atoms with E-state index in [1.54, 1.807) is 17.5 Å². The molecule has 0 radical (unpaired) electrons. The van der Waals surface area contributed by atoms with Crippen LogP contribution in [0.5, 0.6) is 0 Å². The number of carbonyl (C=O) groups is 1. The molecule has 1 saturated carbocycles. The summed E-state index contributed by atoms with van der Waals surface area (Å²) in [4.78, 5) is 49.5. The number of aromatic nitrogens is 1. The number of carbonyl (C=O) groups excluding carboxylic acids is 1. The van der Waals surface area contributed by atoms with Crippen LogP contribution in [-0.4, -0.2) is 72.9 Å². The Bertz CT molecular complexity index is 1080. The predicted octanol–water partition coefficient (Wildman–Crippen LogP) is 3.08. The van der Waals surface area contributed by atoms with Gasteiger partial charge in [-0.2, -0.15) is 0 Å². The first-order chi connectivity index (χ1) is 19.1. The highest BCUT2D eigenvalue weighted by molar-refractivity contribution is 5.75. The average molecular weight is 542 g/mol. The number of hydroxylamine groups is 2. The van der Waals surface area contributed by atoms with Gasteiger partial charge in [-0.25, -0.2) is 5.06 Å². The number of nitrogens with one attached hydrogen (secondary N) is 2. The molecule has 1 aliphatic heterocycles. The molecule has 1 amide bonds. The second-order valence-corrected chi connectivity index (χ2v) is 10.5. The molecule has 4 rings (SSSR count). The van der Waals surface area contributed by atoms with Crippen molar-refractivity contribution in [3.05, 3.63) is 50.5 Å². The molecule has 2 aromatic rings. The summed E-state index contributed by atoms with van der Waals surface area (Å²) in [5.41, 5.74) is 0.721. The van der Waals surface area contributed by atoms with E-state index >= 15 is 0 Å². The average Bonchev–Trinajstić information content (AvgIpc) is 2.99. The van der Waals surface area contributed by atoms with Gasteiger partial charge in [0.05, 0.1) is 25.9 Å². The molecule has 0 atom stereocenters. The van der Waals surface area contributed by atoms with Gasteiger partial charge < -0.3 is 15.4 Å². The van der Waals surface area contributed by atoms with Crippen LogP contribution in [0.1, 0.15) is 69.8 Å². The highest BCUT2D eigenvalue weighted by Gasteiger charge is 2.26. The quantitative estimate of drug-likeness (QED) is 0.188. The largest absolute Gasteiger partial charge is 0.380 e. The summed E-state index contributed by atoms with van der Waals surface area (Å²) in [5, 5.41) is 7.88. The van der Waals surface area contributed by atoms with E-state index in [0.29, 0.717) is 37.5 Å². The highest BCUT2D eigenvalue weighted by atomic mass is 16.7. The van der Waals surface area contributed by atoms with E-state index in [1.807, 2.05) is 12.1 Å². The molecular weight excluding hydrogens is 498 g/mol. The van der Waals surface area contributed by atoms with Gasteiger partial charge in [-0.15, -0.1) is 0 Å². The van der Waals surface area contributed by atoms with Crippen LogP contribution in [0.15, 0.2) is 34.1 Å². The zero-order valence-corrected chi connectivity index (χ0v) is 23.0. The summed E-state index contributed by atoms with van der Waals surface area (Å²) in [6.45, 7) is 5.76. The molecular formula is C29H43N5O5. The lowest BCUT2D eigenvalue weighted by atomic mass is 9.95. The molecule has 0 unspecified atom stereocenters. The maximum atomic E-state index is 13.1. The summed E-state index contributed by atoms with van der Waals surface area (Å²) < 4.78 is 5.41. The third-order valence-corrected chi connectivity index (χ3v) is 7.62. The fraction of sp³-hybridized carbons (Fsp3) is 0.655. The molecule has 1 saturated heterocycles. The van der Waals surface area contributed by atoms with Gasteiger partial charge in [-0.1, -0.05) is 38.2 Å². The zero-order valence-electron chi connectivity index (χ0n) is 23.0. The van der Waals surface area contributed by atoms with Gasteiger partial charge in [0.1, 0.15) is 11.4 Å². The standard InChI is InChI=1S/C29H43N5O5/c35-25(34(24-10-4-3-5-11-24)39-20-17-33-15-18-38-19-16-33)12-6-1-2-7-14-31-26-27(29(37)28(26)36)32-22-23-9-8-13-30-21-23/h8-9,13,21,24,31-32H,1-7,10-12,14-20,22H2. The first-order valence-electron chi connectivity index (χ1n) is 14.6. The number of unbranched alkanes of at least 4 members (excludes halogenated alkanes) is 3. The van der Waals surface area contributed by atoms with Gasteiger partial charge in [0.2, 0.25) is 5.91 Å². The Hall–Kier alpha value is -2.82. The number of anilines is 2. The number of ether oxygens (including phenoxy) is 1. The Kier molecular flexibility index (Phi) is 11.7. The first-order valence-corrected chi connectivity index (χ1v) is 14.6. The minimum Gasteiger partial charge on any atom is -0.380 e. The van der Waals surface area contributed by atoms with Crippen molar-refractivity contribution in [2.24, 2.45) is 0 Å². The SMILES string of the molecule is O=C(CCCCCCNc1c(NCc2cccnc2)c(=O)c1=O)N(OCCN1CCOCC1)C1CCCCC1. The Balaban J connectivity index is 1.12. The maximum absolute atomic E-state index is 13.1. The van der Waals surface area contributed by atoms with Crippen LogP contribution < -0.4 is 21.5 Å². The van der Waals surface area contributed by atoms with Crippen molar-refractivity contribution in [3.63, 3.8) is 0 Å².